The van der Waals surface area contributed by atoms with Gasteiger partial charge in [0, 0.05) is 5.56 Å². The quantitative estimate of drug-likeness (QED) is 0.680. The fraction of sp³-hybridized carbons (Fsp3) is 0.111. The van der Waals surface area contributed by atoms with E-state index in [1.54, 1.807) is 25.1 Å². The number of rotatable bonds is 5. The maximum Gasteiger partial charge on any atom is 0.316 e. The molecule has 122 valence electrons. The molecule has 1 heterocycles. The number of carbonyl (C=O) groups is 1. The topological polar surface area (TPSA) is 63.3 Å². The molecule has 0 aliphatic heterocycles. The highest BCUT2D eigenvalue weighted by molar-refractivity contribution is 8.00. The molecule has 0 fully saturated rings. The van der Waals surface area contributed by atoms with E-state index < -0.39 is 17.0 Å². The second-order valence-corrected chi connectivity index (χ2v) is 6.39. The van der Waals surface area contributed by atoms with Gasteiger partial charge in [-0.3, -0.25) is 4.79 Å². The predicted octanol–water partition coefficient (Wildman–Crippen LogP) is 4.71. The Bertz CT molecular complexity index is 864. The van der Waals surface area contributed by atoms with Crippen LogP contribution in [0, 0.1) is 5.82 Å². The molecule has 0 aliphatic carbocycles. The van der Waals surface area contributed by atoms with E-state index >= 15 is 0 Å². The summed E-state index contributed by atoms with van der Waals surface area (Å²) >= 11 is 0.982. The van der Waals surface area contributed by atoms with Crippen LogP contribution in [0.5, 0.6) is 0 Å². The molecule has 24 heavy (non-hydrogen) atoms. The van der Waals surface area contributed by atoms with E-state index in [0.29, 0.717) is 17.0 Å². The van der Waals surface area contributed by atoms with Crippen LogP contribution in [0.1, 0.15) is 6.92 Å². The summed E-state index contributed by atoms with van der Waals surface area (Å²) in [4.78, 5) is 15.4. The fourth-order valence-electron chi connectivity index (χ4n) is 2.17. The van der Waals surface area contributed by atoms with Gasteiger partial charge in [0.15, 0.2) is 5.76 Å². The van der Waals surface area contributed by atoms with Crippen LogP contribution in [0.3, 0.4) is 0 Å². The van der Waals surface area contributed by atoms with Crippen LogP contribution in [-0.2, 0) is 4.79 Å². The van der Waals surface area contributed by atoms with E-state index in [2.05, 4.69) is 4.98 Å². The normalized spacial score (nSPS) is 12.1. The average molecular weight is 343 g/mol. The predicted molar refractivity (Wildman–Crippen MR) is 90.3 cm³/mol. The van der Waals surface area contributed by atoms with E-state index in [4.69, 9.17) is 9.52 Å². The second kappa shape index (κ2) is 6.88. The minimum atomic E-state index is -0.966. The molecule has 0 spiro atoms. The molecule has 1 aromatic heterocycles. The zero-order chi connectivity index (χ0) is 17.1. The Morgan fingerprint density at radius 1 is 1.17 bits per heavy atom. The molecule has 0 bridgehead atoms. The van der Waals surface area contributed by atoms with Crippen LogP contribution in [-0.4, -0.2) is 21.3 Å². The number of thioether (sulfide) groups is 1. The van der Waals surface area contributed by atoms with Gasteiger partial charge in [-0.1, -0.05) is 54.2 Å². The fourth-order valence-corrected chi connectivity index (χ4v) is 2.85. The van der Waals surface area contributed by atoms with Gasteiger partial charge in [0.25, 0.3) is 5.22 Å². The van der Waals surface area contributed by atoms with Crippen molar-refractivity contribution in [1.29, 1.82) is 0 Å². The Kier molecular flexibility index (Phi) is 4.66. The first-order valence-electron chi connectivity index (χ1n) is 7.27. The summed E-state index contributed by atoms with van der Waals surface area (Å²) in [5, 5.41) is 8.52. The minimum Gasteiger partial charge on any atom is -0.480 e. The molecule has 0 aliphatic rings. The van der Waals surface area contributed by atoms with E-state index in [1.807, 2.05) is 30.3 Å². The Morgan fingerprint density at radius 2 is 1.83 bits per heavy atom. The van der Waals surface area contributed by atoms with Gasteiger partial charge in [0.2, 0.25) is 0 Å². The zero-order valence-electron chi connectivity index (χ0n) is 12.8. The lowest BCUT2D eigenvalue weighted by atomic mass is 10.1. The van der Waals surface area contributed by atoms with Crippen LogP contribution in [0.2, 0.25) is 0 Å². The van der Waals surface area contributed by atoms with Gasteiger partial charge < -0.3 is 9.52 Å². The molecule has 3 aromatic rings. The Labute approximate surface area is 142 Å². The Morgan fingerprint density at radius 3 is 2.50 bits per heavy atom. The van der Waals surface area contributed by atoms with Gasteiger partial charge in [0.05, 0.1) is 5.56 Å². The number of carboxylic acids is 1. The third-order valence-electron chi connectivity index (χ3n) is 3.40. The molecule has 6 heteroatoms. The minimum absolute atomic E-state index is 0.196. The highest BCUT2D eigenvalue weighted by Gasteiger charge is 2.22. The van der Waals surface area contributed by atoms with Gasteiger partial charge in [0.1, 0.15) is 16.8 Å². The maximum absolute atomic E-state index is 14.2. The van der Waals surface area contributed by atoms with Crippen molar-refractivity contribution < 1.29 is 18.7 Å². The number of hydrogen-bond acceptors (Lipinski definition) is 4. The SMILES string of the molecule is CC(Sc1nc(-c2ccccc2)c(-c2ccccc2F)o1)C(=O)O. The van der Waals surface area contributed by atoms with E-state index in [1.165, 1.54) is 6.07 Å². The number of halogens is 1. The molecular weight excluding hydrogens is 329 g/mol. The van der Waals surface area contributed by atoms with Gasteiger partial charge >= 0.3 is 5.97 Å². The van der Waals surface area contributed by atoms with Crippen molar-refractivity contribution in [3.05, 3.63) is 60.4 Å². The lowest BCUT2D eigenvalue weighted by Crippen LogP contribution is -2.10. The molecule has 1 atom stereocenters. The first-order valence-corrected chi connectivity index (χ1v) is 8.15. The molecule has 2 aromatic carbocycles. The molecule has 3 rings (SSSR count). The van der Waals surface area contributed by atoms with Crippen LogP contribution < -0.4 is 0 Å². The summed E-state index contributed by atoms with van der Waals surface area (Å²) in [6, 6.07) is 15.5. The van der Waals surface area contributed by atoms with Gasteiger partial charge in [-0.2, -0.15) is 0 Å². The van der Waals surface area contributed by atoms with Crippen LogP contribution in [0.4, 0.5) is 4.39 Å². The third-order valence-corrected chi connectivity index (χ3v) is 4.33. The number of carboxylic acid groups (broad SMARTS) is 1. The number of hydrogen-bond donors (Lipinski definition) is 1. The second-order valence-electron chi connectivity index (χ2n) is 5.10. The highest BCUT2D eigenvalue weighted by atomic mass is 32.2. The molecule has 0 saturated heterocycles. The molecule has 0 radical (unpaired) electrons. The van der Waals surface area contributed by atoms with E-state index in [0.717, 1.165) is 17.3 Å². The van der Waals surface area contributed by atoms with Gasteiger partial charge in [-0.15, -0.1) is 0 Å². The highest BCUT2D eigenvalue weighted by Crippen LogP contribution is 2.37. The number of aliphatic carboxylic acids is 1. The van der Waals surface area contributed by atoms with Crippen molar-refractivity contribution in [2.24, 2.45) is 0 Å². The summed E-state index contributed by atoms with van der Waals surface area (Å²) < 4.78 is 19.9. The largest absolute Gasteiger partial charge is 0.480 e. The average Bonchev–Trinajstić information content (AvgIpc) is 2.99. The smallest absolute Gasteiger partial charge is 0.316 e. The third kappa shape index (κ3) is 3.33. The van der Waals surface area contributed by atoms with Crippen LogP contribution in [0.25, 0.3) is 22.6 Å². The van der Waals surface area contributed by atoms with Crippen molar-refractivity contribution in [2.75, 3.05) is 0 Å². The molecule has 0 saturated carbocycles. The van der Waals surface area contributed by atoms with Gasteiger partial charge in [-0.05, 0) is 19.1 Å². The molecule has 4 nitrogen and oxygen atoms in total. The lowest BCUT2D eigenvalue weighted by Gasteiger charge is -2.02. The number of nitrogens with zero attached hydrogens (tertiary/aromatic N) is 1. The number of aromatic nitrogens is 1. The Balaban J connectivity index is 2.10. The summed E-state index contributed by atoms with van der Waals surface area (Å²) in [6.07, 6.45) is 0. The van der Waals surface area contributed by atoms with Crippen molar-refractivity contribution in [2.45, 2.75) is 17.4 Å². The van der Waals surface area contributed by atoms with Gasteiger partial charge in [-0.25, -0.2) is 9.37 Å². The summed E-state index contributed by atoms with van der Waals surface area (Å²) in [7, 11) is 0. The Hall–Kier alpha value is -2.60. The molecule has 0 amide bonds. The first-order chi connectivity index (χ1) is 11.6. The molecular formula is C18H14FNO3S. The number of oxazole rings is 1. The van der Waals surface area contributed by atoms with Crippen LogP contribution >= 0.6 is 11.8 Å². The van der Waals surface area contributed by atoms with E-state index in [-0.39, 0.29) is 5.22 Å². The molecule has 1 unspecified atom stereocenters. The van der Waals surface area contributed by atoms with Crippen molar-refractivity contribution in [3.63, 3.8) is 0 Å². The van der Waals surface area contributed by atoms with Crippen molar-refractivity contribution in [1.82, 2.24) is 4.98 Å². The zero-order valence-corrected chi connectivity index (χ0v) is 13.6. The first kappa shape index (κ1) is 16.3. The number of benzene rings is 2. The maximum atomic E-state index is 14.2. The standard InChI is InChI=1S/C18H14FNO3S/c1-11(17(21)22)24-18-20-15(12-7-3-2-4-8-12)16(23-18)13-9-5-6-10-14(13)19/h2-11H,1H3,(H,21,22). The van der Waals surface area contributed by atoms with Crippen molar-refractivity contribution in [3.8, 4) is 22.6 Å². The van der Waals surface area contributed by atoms with Crippen molar-refractivity contribution >= 4 is 17.7 Å². The summed E-state index contributed by atoms with van der Waals surface area (Å²) in [5.41, 5.74) is 1.55. The monoisotopic (exact) mass is 343 g/mol. The lowest BCUT2D eigenvalue weighted by molar-refractivity contribution is -0.136. The molecule has 1 N–H and O–H groups in total. The van der Waals surface area contributed by atoms with E-state index in [9.17, 15) is 9.18 Å². The summed E-state index contributed by atoms with van der Waals surface area (Å²) in [6.45, 7) is 1.54. The summed E-state index contributed by atoms with van der Waals surface area (Å²) in [5.74, 6) is -1.10. The van der Waals surface area contributed by atoms with Crippen LogP contribution in [0.15, 0.2) is 64.2 Å².